The van der Waals surface area contributed by atoms with Crippen LogP contribution in [0, 0.1) is 23.2 Å². The third-order valence-electron chi connectivity index (χ3n) is 3.29. The van der Waals surface area contributed by atoms with Gasteiger partial charge in [-0.2, -0.15) is 5.26 Å². The second kappa shape index (κ2) is 5.24. The maximum Gasteiger partial charge on any atom is 0.0827 e. The van der Waals surface area contributed by atoms with Gasteiger partial charge in [-0.1, -0.05) is 40.5 Å². The molecular formula is C11H21NO. The van der Waals surface area contributed by atoms with Gasteiger partial charge < -0.3 is 5.11 Å². The highest BCUT2D eigenvalue weighted by atomic mass is 16.3. The number of hydrogen-bond acceptors (Lipinski definition) is 2. The van der Waals surface area contributed by atoms with Crippen molar-refractivity contribution in [1.82, 2.24) is 0 Å². The van der Waals surface area contributed by atoms with E-state index in [1.807, 2.05) is 13.8 Å². The first kappa shape index (κ1) is 12.4. The molecule has 0 spiro atoms. The molecule has 0 fully saturated rings. The number of rotatable bonds is 5. The van der Waals surface area contributed by atoms with Crippen molar-refractivity contribution < 1.29 is 5.11 Å². The predicted octanol–water partition coefficient (Wildman–Crippen LogP) is 2.72. The van der Waals surface area contributed by atoms with Gasteiger partial charge >= 0.3 is 0 Å². The minimum absolute atomic E-state index is 0.196. The average molecular weight is 183 g/mol. The van der Waals surface area contributed by atoms with E-state index in [2.05, 4.69) is 19.9 Å². The molecule has 0 rings (SSSR count). The fourth-order valence-corrected chi connectivity index (χ4v) is 1.67. The molecule has 76 valence electrons. The highest BCUT2D eigenvalue weighted by Crippen LogP contribution is 2.33. The lowest BCUT2D eigenvalue weighted by molar-refractivity contribution is -0.0569. The summed E-state index contributed by atoms with van der Waals surface area (Å²) >= 11 is 0. The SMILES string of the molecule is CCC(C)C(O)(CC#N)C(C)CC. The van der Waals surface area contributed by atoms with E-state index in [1.54, 1.807) is 0 Å². The molecular weight excluding hydrogens is 162 g/mol. The minimum atomic E-state index is -0.793. The Labute approximate surface area is 81.6 Å². The van der Waals surface area contributed by atoms with Crippen molar-refractivity contribution in [1.29, 1.82) is 5.26 Å². The monoisotopic (exact) mass is 183 g/mol. The minimum Gasteiger partial charge on any atom is -0.388 e. The summed E-state index contributed by atoms with van der Waals surface area (Å²) in [5.74, 6) is 0.393. The van der Waals surface area contributed by atoms with Crippen LogP contribution in [-0.2, 0) is 0 Å². The Kier molecular flexibility index (Phi) is 5.02. The van der Waals surface area contributed by atoms with Gasteiger partial charge in [0.15, 0.2) is 0 Å². The Morgan fingerprint density at radius 2 is 1.62 bits per heavy atom. The van der Waals surface area contributed by atoms with Crippen molar-refractivity contribution in [2.24, 2.45) is 11.8 Å². The lowest BCUT2D eigenvalue weighted by Crippen LogP contribution is -2.42. The van der Waals surface area contributed by atoms with E-state index in [9.17, 15) is 5.11 Å². The summed E-state index contributed by atoms with van der Waals surface area (Å²) in [5, 5.41) is 19.0. The Hall–Kier alpha value is -0.550. The smallest absolute Gasteiger partial charge is 0.0827 e. The molecule has 2 atom stereocenters. The lowest BCUT2D eigenvalue weighted by atomic mass is 9.74. The fourth-order valence-electron chi connectivity index (χ4n) is 1.67. The summed E-state index contributed by atoms with van der Waals surface area (Å²) in [6, 6.07) is 2.09. The normalized spacial score (nSPS) is 20.0. The summed E-state index contributed by atoms with van der Waals surface area (Å²) < 4.78 is 0. The highest BCUT2D eigenvalue weighted by Gasteiger charge is 2.37. The number of nitriles is 1. The molecule has 0 aromatic carbocycles. The van der Waals surface area contributed by atoms with Crippen LogP contribution in [0.3, 0.4) is 0 Å². The van der Waals surface area contributed by atoms with Gasteiger partial charge in [0, 0.05) is 0 Å². The van der Waals surface area contributed by atoms with Crippen molar-refractivity contribution in [3.05, 3.63) is 0 Å². The van der Waals surface area contributed by atoms with E-state index in [0.717, 1.165) is 12.8 Å². The van der Waals surface area contributed by atoms with Crippen LogP contribution in [0.1, 0.15) is 47.0 Å². The largest absolute Gasteiger partial charge is 0.388 e. The molecule has 0 amide bonds. The molecule has 2 unspecified atom stereocenters. The molecule has 0 aromatic heterocycles. The summed E-state index contributed by atoms with van der Waals surface area (Å²) in [4.78, 5) is 0. The van der Waals surface area contributed by atoms with Crippen molar-refractivity contribution in [3.8, 4) is 6.07 Å². The molecule has 0 aliphatic heterocycles. The quantitative estimate of drug-likeness (QED) is 0.712. The van der Waals surface area contributed by atoms with Crippen LogP contribution in [0.25, 0.3) is 0 Å². The van der Waals surface area contributed by atoms with Crippen LogP contribution in [0.4, 0.5) is 0 Å². The maximum absolute atomic E-state index is 10.3. The van der Waals surface area contributed by atoms with Crippen LogP contribution in [0.5, 0.6) is 0 Å². The van der Waals surface area contributed by atoms with Crippen molar-refractivity contribution in [2.45, 2.75) is 52.6 Å². The number of nitrogens with zero attached hydrogens (tertiary/aromatic N) is 1. The first-order valence-electron chi connectivity index (χ1n) is 5.12. The molecule has 0 aliphatic rings. The summed E-state index contributed by atoms with van der Waals surface area (Å²) in [6.45, 7) is 8.14. The Morgan fingerprint density at radius 1 is 1.23 bits per heavy atom. The summed E-state index contributed by atoms with van der Waals surface area (Å²) in [7, 11) is 0. The lowest BCUT2D eigenvalue weighted by Gasteiger charge is -2.37. The molecule has 2 heteroatoms. The van der Waals surface area contributed by atoms with Crippen molar-refractivity contribution >= 4 is 0 Å². The average Bonchev–Trinajstić information content (AvgIpc) is 2.15. The Balaban J connectivity index is 4.62. The zero-order valence-corrected chi connectivity index (χ0v) is 9.17. The van der Waals surface area contributed by atoms with Crippen LogP contribution in [-0.4, -0.2) is 10.7 Å². The highest BCUT2D eigenvalue weighted by molar-refractivity contribution is 4.95. The standard InChI is InChI=1S/C11H21NO/c1-5-9(3)11(13,7-8-12)10(4)6-2/h9-10,13H,5-7H2,1-4H3. The first-order valence-corrected chi connectivity index (χ1v) is 5.12. The zero-order chi connectivity index (χ0) is 10.5. The Bertz CT molecular complexity index is 173. The molecule has 2 nitrogen and oxygen atoms in total. The second-order valence-corrected chi connectivity index (χ2v) is 3.94. The molecule has 0 bridgehead atoms. The maximum atomic E-state index is 10.3. The van der Waals surface area contributed by atoms with E-state index < -0.39 is 5.60 Å². The van der Waals surface area contributed by atoms with E-state index in [-0.39, 0.29) is 18.3 Å². The van der Waals surface area contributed by atoms with E-state index in [4.69, 9.17) is 5.26 Å². The third kappa shape index (κ3) is 2.70. The Morgan fingerprint density at radius 3 is 1.85 bits per heavy atom. The fraction of sp³-hybridized carbons (Fsp3) is 0.909. The van der Waals surface area contributed by atoms with Gasteiger partial charge in [0.05, 0.1) is 18.1 Å². The van der Waals surface area contributed by atoms with Gasteiger partial charge in [-0.05, 0) is 11.8 Å². The van der Waals surface area contributed by atoms with E-state index in [1.165, 1.54) is 0 Å². The first-order chi connectivity index (χ1) is 6.02. The number of hydrogen-bond donors (Lipinski definition) is 1. The van der Waals surface area contributed by atoms with Gasteiger partial charge in [0.2, 0.25) is 0 Å². The molecule has 0 aliphatic carbocycles. The van der Waals surface area contributed by atoms with Crippen LogP contribution >= 0.6 is 0 Å². The predicted molar refractivity (Wildman–Crippen MR) is 54.1 cm³/mol. The molecule has 0 saturated heterocycles. The van der Waals surface area contributed by atoms with Gasteiger partial charge in [0.1, 0.15) is 0 Å². The molecule has 0 aromatic rings. The van der Waals surface area contributed by atoms with E-state index >= 15 is 0 Å². The summed E-state index contributed by atoms with van der Waals surface area (Å²) in [5.41, 5.74) is -0.793. The number of aliphatic hydroxyl groups is 1. The van der Waals surface area contributed by atoms with E-state index in [0.29, 0.717) is 0 Å². The van der Waals surface area contributed by atoms with Gasteiger partial charge in [-0.15, -0.1) is 0 Å². The molecule has 0 heterocycles. The van der Waals surface area contributed by atoms with Crippen molar-refractivity contribution in [3.63, 3.8) is 0 Å². The topological polar surface area (TPSA) is 44.0 Å². The third-order valence-corrected chi connectivity index (χ3v) is 3.29. The van der Waals surface area contributed by atoms with Gasteiger partial charge in [-0.3, -0.25) is 0 Å². The second-order valence-electron chi connectivity index (χ2n) is 3.94. The van der Waals surface area contributed by atoms with Crippen LogP contribution < -0.4 is 0 Å². The van der Waals surface area contributed by atoms with Crippen LogP contribution in [0.2, 0.25) is 0 Å². The van der Waals surface area contributed by atoms with Gasteiger partial charge in [0.25, 0.3) is 0 Å². The van der Waals surface area contributed by atoms with Crippen LogP contribution in [0.15, 0.2) is 0 Å². The summed E-state index contributed by atoms with van der Waals surface area (Å²) in [6.07, 6.45) is 2.09. The zero-order valence-electron chi connectivity index (χ0n) is 9.17. The van der Waals surface area contributed by atoms with Gasteiger partial charge in [-0.25, -0.2) is 0 Å². The molecule has 0 saturated carbocycles. The molecule has 0 radical (unpaired) electrons. The molecule has 13 heavy (non-hydrogen) atoms. The molecule has 1 N–H and O–H groups in total. The van der Waals surface area contributed by atoms with Crippen molar-refractivity contribution in [2.75, 3.05) is 0 Å².